The van der Waals surface area contributed by atoms with Crippen molar-refractivity contribution < 1.29 is 18.9 Å². The highest BCUT2D eigenvalue weighted by Gasteiger charge is 2.23. The Morgan fingerprint density at radius 1 is 1.30 bits per heavy atom. The molecule has 2 N–H and O–H groups in total. The average Bonchev–Trinajstić information content (AvgIpc) is 2.41. The minimum absolute atomic E-state index is 0.00351. The fourth-order valence-electron chi connectivity index (χ4n) is 2.11. The maximum atomic E-state index is 12.3. The summed E-state index contributed by atoms with van der Waals surface area (Å²) in [5.41, 5.74) is 1.18. The van der Waals surface area contributed by atoms with Crippen LogP contribution in [0.5, 0.6) is 0 Å². The second kappa shape index (κ2) is 8.24. The minimum atomic E-state index is -1.03. The zero-order valence-electron chi connectivity index (χ0n) is 14.1. The summed E-state index contributed by atoms with van der Waals surface area (Å²) in [7, 11) is -0.995. The van der Waals surface area contributed by atoms with Gasteiger partial charge in [-0.05, 0) is 36.0 Å². The van der Waals surface area contributed by atoms with Gasteiger partial charge in [-0.25, -0.2) is 4.79 Å². The van der Waals surface area contributed by atoms with Crippen molar-refractivity contribution in [1.29, 1.82) is 0 Å². The lowest BCUT2D eigenvalue weighted by Crippen LogP contribution is -2.41. The van der Waals surface area contributed by atoms with E-state index in [1.165, 1.54) is 0 Å². The Hall–Kier alpha value is -1.69. The number of hydrogen-bond acceptors (Lipinski definition) is 3. The Balaban J connectivity index is 2.78. The number of nitrogens with one attached hydrogen (secondary N) is 1. The quantitative estimate of drug-likeness (QED) is 0.800. The zero-order valence-corrected chi connectivity index (χ0v) is 14.9. The lowest BCUT2D eigenvalue weighted by molar-refractivity contribution is -0.139. The first kappa shape index (κ1) is 19.4. The topological polar surface area (TPSA) is 83.5 Å². The molecule has 0 aliphatic rings. The summed E-state index contributed by atoms with van der Waals surface area (Å²) < 4.78 is 11.3. The van der Waals surface area contributed by atoms with E-state index < -0.39 is 28.7 Å². The van der Waals surface area contributed by atoms with E-state index in [0.29, 0.717) is 24.2 Å². The van der Waals surface area contributed by atoms with Crippen molar-refractivity contribution in [2.24, 2.45) is 5.41 Å². The van der Waals surface area contributed by atoms with Gasteiger partial charge in [-0.15, -0.1) is 0 Å². The van der Waals surface area contributed by atoms with Gasteiger partial charge in [0.1, 0.15) is 6.04 Å². The molecular weight excluding hydrogens is 314 g/mol. The van der Waals surface area contributed by atoms with Gasteiger partial charge in [-0.1, -0.05) is 32.9 Å². The van der Waals surface area contributed by atoms with Crippen molar-refractivity contribution >= 4 is 22.7 Å². The molecule has 0 bridgehead atoms. The van der Waals surface area contributed by atoms with Gasteiger partial charge in [0.15, 0.2) is 0 Å². The lowest BCUT2D eigenvalue weighted by atomic mass is 9.88. The Kier molecular flexibility index (Phi) is 6.94. The van der Waals surface area contributed by atoms with E-state index in [1.807, 2.05) is 20.8 Å². The van der Waals surface area contributed by atoms with Gasteiger partial charge in [0, 0.05) is 28.4 Å². The Labute approximate surface area is 139 Å². The Bertz CT molecular complexity index is 593. The van der Waals surface area contributed by atoms with Crippen LogP contribution in [-0.4, -0.2) is 33.5 Å². The monoisotopic (exact) mass is 339 g/mol. The molecular formula is C17H25NO4S. The lowest BCUT2D eigenvalue weighted by Gasteiger charge is -2.21. The first-order valence-electron chi connectivity index (χ1n) is 7.51. The maximum absolute atomic E-state index is 12.3. The summed E-state index contributed by atoms with van der Waals surface area (Å²) in [5.74, 6) is -1.09. The Morgan fingerprint density at radius 2 is 1.96 bits per heavy atom. The van der Waals surface area contributed by atoms with Gasteiger partial charge in [0.25, 0.3) is 5.91 Å². The zero-order chi connectivity index (χ0) is 17.6. The number of carbonyl (C=O) groups excluding carboxylic acids is 1. The van der Waals surface area contributed by atoms with Crippen molar-refractivity contribution in [1.82, 2.24) is 5.32 Å². The summed E-state index contributed by atoms with van der Waals surface area (Å²) in [6.07, 6.45) is 2.67. The molecule has 1 amide bonds. The molecule has 5 nitrogen and oxygen atoms in total. The minimum Gasteiger partial charge on any atom is -0.480 e. The van der Waals surface area contributed by atoms with Crippen molar-refractivity contribution in [2.75, 3.05) is 6.26 Å². The van der Waals surface area contributed by atoms with Gasteiger partial charge in [-0.2, -0.15) is 0 Å². The molecule has 0 aromatic heterocycles. The van der Waals surface area contributed by atoms with Crippen LogP contribution < -0.4 is 5.32 Å². The highest BCUT2D eigenvalue weighted by Crippen LogP contribution is 2.21. The van der Waals surface area contributed by atoms with Crippen LogP contribution in [0.1, 0.15) is 49.5 Å². The van der Waals surface area contributed by atoms with Crippen LogP contribution in [0.4, 0.5) is 0 Å². The largest absolute Gasteiger partial charge is 0.480 e. The van der Waals surface area contributed by atoms with E-state index in [9.17, 15) is 18.9 Å². The number of benzene rings is 1. The number of aliphatic carboxylic acids is 1. The summed E-state index contributed by atoms with van der Waals surface area (Å²) in [5, 5.41) is 11.9. The van der Waals surface area contributed by atoms with Crippen molar-refractivity contribution in [3.05, 3.63) is 35.4 Å². The van der Waals surface area contributed by atoms with Crippen LogP contribution in [0, 0.1) is 5.41 Å². The van der Waals surface area contributed by atoms with Gasteiger partial charge in [-0.3, -0.25) is 9.00 Å². The highest BCUT2D eigenvalue weighted by atomic mass is 32.2. The Morgan fingerprint density at radius 3 is 2.48 bits per heavy atom. The normalized spacial score (nSPS) is 14.1. The molecule has 1 aromatic carbocycles. The summed E-state index contributed by atoms with van der Waals surface area (Å²) in [6.45, 7) is 6.09. The molecule has 0 saturated carbocycles. The second-order valence-electron chi connectivity index (χ2n) is 6.88. The van der Waals surface area contributed by atoms with Crippen molar-refractivity contribution in [3.8, 4) is 0 Å². The maximum Gasteiger partial charge on any atom is 0.326 e. The third-order valence-electron chi connectivity index (χ3n) is 3.35. The van der Waals surface area contributed by atoms with Crippen LogP contribution in [-0.2, 0) is 21.3 Å². The molecule has 0 aliphatic carbocycles. The van der Waals surface area contributed by atoms with E-state index in [-0.39, 0.29) is 5.41 Å². The molecule has 128 valence electrons. The third kappa shape index (κ3) is 7.41. The fraction of sp³-hybridized carbons (Fsp3) is 0.529. The van der Waals surface area contributed by atoms with Gasteiger partial charge >= 0.3 is 5.97 Å². The summed E-state index contributed by atoms with van der Waals surface area (Å²) >= 11 is 0. The van der Waals surface area contributed by atoms with E-state index in [0.717, 1.165) is 5.56 Å². The standard InChI is InChI=1S/C17H25NO4S/c1-17(2,3)9-8-14(16(20)21)18-15(19)13-7-5-6-12(10-13)11-23(4)22/h5-7,10,14H,8-9,11H2,1-4H3,(H,18,19)(H,20,21). The van der Waals surface area contributed by atoms with E-state index >= 15 is 0 Å². The van der Waals surface area contributed by atoms with Crippen LogP contribution in [0.2, 0.25) is 0 Å². The number of carboxylic acid groups (broad SMARTS) is 1. The van der Waals surface area contributed by atoms with E-state index in [2.05, 4.69) is 5.32 Å². The molecule has 0 saturated heterocycles. The third-order valence-corrected chi connectivity index (χ3v) is 4.09. The predicted molar refractivity (Wildman–Crippen MR) is 91.8 cm³/mol. The van der Waals surface area contributed by atoms with Crippen molar-refractivity contribution in [3.63, 3.8) is 0 Å². The van der Waals surface area contributed by atoms with Crippen LogP contribution in [0.25, 0.3) is 0 Å². The molecule has 0 fully saturated rings. The second-order valence-corrected chi connectivity index (χ2v) is 8.32. The van der Waals surface area contributed by atoms with E-state index in [1.54, 1.807) is 30.5 Å². The van der Waals surface area contributed by atoms with Gasteiger partial charge < -0.3 is 10.4 Å². The molecule has 1 aromatic rings. The molecule has 1 rings (SSSR count). The molecule has 23 heavy (non-hydrogen) atoms. The number of carboxylic acids is 1. The van der Waals surface area contributed by atoms with Gasteiger partial charge in [0.2, 0.25) is 0 Å². The van der Waals surface area contributed by atoms with Crippen LogP contribution >= 0.6 is 0 Å². The molecule has 0 aliphatic heterocycles. The van der Waals surface area contributed by atoms with E-state index in [4.69, 9.17) is 0 Å². The number of rotatable bonds is 7. The number of carbonyl (C=O) groups is 2. The SMILES string of the molecule is CS(=O)Cc1cccc(C(=O)NC(CCC(C)(C)C)C(=O)O)c1. The average molecular weight is 339 g/mol. The van der Waals surface area contributed by atoms with Crippen LogP contribution in [0.3, 0.4) is 0 Å². The molecule has 0 radical (unpaired) electrons. The first-order valence-corrected chi connectivity index (χ1v) is 9.24. The number of hydrogen-bond donors (Lipinski definition) is 2. The van der Waals surface area contributed by atoms with Crippen molar-refractivity contribution in [2.45, 2.75) is 45.4 Å². The highest BCUT2D eigenvalue weighted by molar-refractivity contribution is 7.83. The molecule has 2 unspecified atom stereocenters. The fourth-order valence-corrected chi connectivity index (χ4v) is 2.76. The molecule has 0 heterocycles. The summed E-state index contributed by atoms with van der Waals surface area (Å²) in [6, 6.07) is 5.87. The summed E-state index contributed by atoms with van der Waals surface area (Å²) in [4.78, 5) is 23.6. The predicted octanol–water partition coefficient (Wildman–Crippen LogP) is 2.57. The first-order chi connectivity index (χ1) is 10.6. The van der Waals surface area contributed by atoms with Crippen LogP contribution in [0.15, 0.2) is 24.3 Å². The molecule has 0 spiro atoms. The smallest absolute Gasteiger partial charge is 0.326 e. The molecule has 6 heteroatoms. The van der Waals surface area contributed by atoms with Gasteiger partial charge in [0.05, 0.1) is 0 Å². The molecule has 2 atom stereocenters. The number of amides is 1.